The number of alkyl halides is 6. The third-order valence-corrected chi connectivity index (χ3v) is 13.6. The van der Waals surface area contributed by atoms with Crippen molar-refractivity contribution < 1.29 is 55.3 Å². The van der Waals surface area contributed by atoms with Crippen molar-refractivity contribution >= 4 is 63.7 Å². The van der Waals surface area contributed by atoms with Crippen molar-refractivity contribution in [1.29, 1.82) is 0 Å². The number of thiazole rings is 2. The number of halogens is 6. The second-order valence-electron chi connectivity index (χ2n) is 16.8. The number of aromatic nitrogens is 6. The second kappa shape index (κ2) is 21.6. The van der Waals surface area contributed by atoms with E-state index in [2.05, 4.69) is 45.3 Å². The maximum atomic E-state index is 13.1. The van der Waals surface area contributed by atoms with E-state index in [0.29, 0.717) is 68.9 Å². The van der Waals surface area contributed by atoms with Crippen molar-refractivity contribution in [3.05, 3.63) is 176 Å². The smallest absolute Gasteiger partial charge is 0.416 e. The fraction of sp³-hybridized carbons (Fsp3) is 0.212. The molecule has 10 rings (SSSR count). The zero-order valence-electron chi connectivity index (χ0n) is 39.6. The van der Waals surface area contributed by atoms with E-state index in [4.69, 9.17) is 4.74 Å². The van der Waals surface area contributed by atoms with E-state index in [9.17, 15) is 45.8 Å². The van der Waals surface area contributed by atoms with Crippen molar-refractivity contribution in [3.63, 3.8) is 0 Å². The number of nitrogens with one attached hydrogen (secondary N) is 2. The van der Waals surface area contributed by atoms with Crippen LogP contribution >= 0.6 is 22.7 Å². The van der Waals surface area contributed by atoms with Crippen LogP contribution in [0.4, 0.5) is 49.6 Å². The number of benzene rings is 2. The van der Waals surface area contributed by atoms with E-state index in [-0.39, 0.29) is 23.4 Å². The van der Waals surface area contributed by atoms with Crippen LogP contribution in [0.25, 0.3) is 21.1 Å². The second-order valence-corrected chi connectivity index (χ2v) is 18.8. The molecule has 2 aliphatic carbocycles. The van der Waals surface area contributed by atoms with Gasteiger partial charge in [-0.25, -0.2) is 34.5 Å². The number of ether oxygens (including phenoxy) is 2. The van der Waals surface area contributed by atoms with E-state index in [0.717, 1.165) is 75.8 Å². The first-order valence-corrected chi connectivity index (χ1v) is 24.0. The summed E-state index contributed by atoms with van der Waals surface area (Å²) in [6.45, 7) is 3.73. The highest BCUT2D eigenvalue weighted by Crippen LogP contribution is 2.45. The minimum absolute atomic E-state index is 0.0204. The van der Waals surface area contributed by atoms with Gasteiger partial charge < -0.3 is 25.2 Å². The summed E-state index contributed by atoms with van der Waals surface area (Å²) in [5, 5.41) is 17.7. The number of hydrogen-bond acceptors (Lipinski definition) is 16. The van der Waals surface area contributed by atoms with Gasteiger partial charge >= 0.3 is 24.3 Å². The van der Waals surface area contributed by atoms with Gasteiger partial charge in [-0.15, -0.1) is 22.7 Å². The Labute approximate surface area is 426 Å². The summed E-state index contributed by atoms with van der Waals surface area (Å²) in [7, 11) is 2.67. The van der Waals surface area contributed by atoms with Crippen molar-refractivity contribution in [2.24, 2.45) is 0 Å². The fourth-order valence-electron chi connectivity index (χ4n) is 8.08. The van der Waals surface area contributed by atoms with E-state index in [1.54, 1.807) is 66.4 Å². The normalized spacial score (nSPS) is 14.7. The number of hydrogen-bond donors (Lipinski definition) is 3. The number of rotatable bonds is 9. The standard InChI is InChI=1S/C26H21F3N4O3S.C15H11F3N4S.C11H10O3/c1-14-9-19(32-22(10-14)33-21-12-17(6-8-30-21)26(27,28)29)20-13-31-24(37-20)25(35)7-5-15-11-16(23(34)36-2)3-4-18(15)25;1-9-4-11(12-7-19-8-23-12)21-14(5-9)22-13-6-10(2-3-20-13)15(16,17)18;1-14-11(13)8-2-4-9-7(6-8)3-5-10(9)12/h3-4,6,8-13,35H,5,7H2,1-2H3,(H,30,32,33);2-8H,1H3,(H,20,21,22);2,4,6H,3,5H2,1H3. The largest absolute Gasteiger partial charge is 0.465 e. The number of carbonyl (C=O) groups is 3. The molecule has 1 atom stereocenters. The van der Waals surface area contributed by atoms with Crippen molar-refractivity contribution in [1.82, 2.24) is 29.9 Å². The zero-order valence-corrected chi connectivity index (χ0v) is 41.2. The van der Waals surface area contributed by atoms with Gasteiger partial charge in [0.15, 0.2) is 5.78 Å². The Hall–Kier alpha value is -7.95. The third kappa shape index (κ3) is 12.1. The molecule has 0 saturated carbocycles. The average Bonchev–Trinajstić information content (AvgIpc) is 4.22. The van der Waals surface area contributed by atoms with Crippen LogP contribution in [-0.2, 0) is 40.3 Å². The minimum Gasteiger partial charge on any atom is -0.465 e. The number of aryl methyl sites for hydroxylation is 4. The molecule has 0 spiro atoms. The lowest BCUT2D eigenvalue weighted by Gasteiger charge is -2.21. The van der Waals surface area contributed by atoms with Crippen LogP contribution < -0.4 is 10.6 Å². The number of methoxy groups -OCH3 is 2. The number of pyridine rings is 4. The van der Waals surface area contributed by atoms with Gasteiger partial charge in [0.25, 0.3) is 0 Å². The highest BCUT2D eigenvalue weighted by Gasteiger charge is 2.41. The molecule has 6 heterocycles. The Bertz CT molecular complexity index is 3390. The summed E-state index contributed by atoms with van der Waals surface area (Å²) in [4.78, 5) is 61.2. The number of anilines is 4. The number of Topliss-reactive ketones (excluding diaryl/α,β-unsaturated/α-hetero) is 1. The summed E-state index contributed by atoms with van der Waals surface area (Å²) in [5.41, 5.74) is 6.03. The quantitative estimate of drug-likeness (QED) is 0.0913. The lowest BCUT2D eigenvalue weighted by atomic mass is 9.96. The van der Waals surface area contributed by atoms with E-state index in [1.165, 1.54) is 36.9 Å². The first-order chi connectivity index (χ1) is 35.2. The molecule has 22 heteroatoms. The van der Waals surface area contributed by atoms with Crippen molar-refractivity contribution in [2.75, 3.05) is 24.9 Å². The van der Waals surface area contributed by atoms with Gasteiger partial charge in [-0.2, -0.15) is 26.3 Å². The Balaban J connectivity index is 0.000000166. The van der Waals surface area contributed by atoms with Gasteiger partial charge in [0.1, 0.15) is 33.9 Å². The Kier molecular flexibility index (Phi) is 15.3. The van der Waals surface area contributed by atoms with Crippen molar-refractivity contribution in [2.45, 2.75) is 57.5 Å². The van der Waals surface area contributed by atoms with Crippen LogP contribution in [0, 0.1) is 13.8 Å². The van der Waals surface area contributed by atoms with Gasteiger partial charge in [0.2, 0.25) is 0 Å². The molecule has 3 N–H and O–H groups in total. The van der Waals surface area contributed by atoms with Gasteiger partial charge in [0, 0.05) is 36.8 Å². The first kappa shape index (κ1) is 52.4. The van der Waals surface area contributed by atoms with E-state index in [1.807, 2.05) is 26.0 Å². The molecule has 6 aromatic heterocycles. The predicted molar refractivity (Wildman–Crippen MR) is 265 cm³/mol. The maximum Gasteiger partial charge on any atom is 0.416 e. The molecule has 0 saturated heterocycles. The van der Waals surface area contributed by atoms with Gasteiger partial charge in [-0.05, 0) is 134 Å². The van der Waals surface area contributed by atoms with Crippen LogP contribution in [0.1, 0.15) is 87.9 Å². The van der Waals surface area contributed by atoms with Crippen LogP contribution in [-0.4, -0.2) is 67.0 Å². The van der Waals surface area contributed by atoms with E-state index >= 15 is 0 Å². The Morgan fingerprint density at radius 1 is 0.649 bits per heavy atom. The molecule has 380 valence electrons. The molecule has 0 aliphatic heterocycles. The number of nitrogens with zero attached hydrogens (tertiary/aromatic N) is 6. The van der Waals surface area contributed by atoms with Gasteiger partial charge in [0.05, 0.1) is 63.1 Å². The summed E-state index contributed by atoms with van der Waals surface area (Å²) >= 11 is 2.72. The predicted octanol–water partition coefficient (Wildman–Crippen LogP) is 11.9. The highest BCUT2D eigenvalue weighted by atomic mass is 32.1. The lowest BCUT2D eigenvalue weighted by Crippen LogP contribution is -2.23. The SMILES string of the molecule is COC(=O)c1ccc2c(c1)CCC2(O)c1ncc(-c2cc(C)cc(Nc3cc(C(F)(F)F)ccn3)n2)s1.COC(=O)c1ccc2c(c1)CCC2=O.Cc1cc(Nc2cc(C(F)(F)F)ccn2)nc(-c2cncs2)c1. The summed E-state index contributed by atoms with van der Waals surface area (Å²) in [6.07, 6.45) is -1.10. The molecule has 14 nitrogen and oxygen atoms in total. The summed E-state index contributed by atoms with van der Waals surface area (Å²) in [5.74, 6) is 0.242. The fourth-order valence-corrected chi connectivity index (χ4v) is 9.67. The molecule has 2 aromatic carbocycles. The van der Waals surface area contributed by atoms with Crippen LogP contribution in [0.15, 0.2) is 115 Å². The topological polar surface area (TPSA) is 191 Å². The molecule has 1 unspecified atom stereocenters. The number of aliphatic hydroxyl groups is 1. The zero-order chi connectivity index (χ0) is 53.0. The first-order valence-electron chi connectivity index (χ1n) is 22.3. The minimum atomic E-state index is -4.48. The molecule has 0 fully saturated rings. The van der Waals surface area contributed by atoms with Gasteiger partial charge in [-0.1, -0.05) is 12.1 Å². The molecule has 0 radical (unpaired) electrons. The van der Waals surface area contributed by atoms with E-state index < -0.39 is 35.0 Å². The molecule has 0 bridgehead atoms. The molecule has 74 heavy (non-hydrogen) atoms. The molecular formula is C52H42F6N8O6S2. The molecule has 8 aromatic rings. The Morgan fingerprint density at radius 2 is 1.20 bits per heavy atom. The number of carbonyl (C=O) groups excluding carboxylic acids is 3. The van der Waals surface area contributed by atoms with Crippen LogP contribution in [0.5, 0.6) is 0 Å². The molecule has 2 aliphatic rings. The maximum absolute atomic E-state index is 13.1. The highest BCUT2D eigenvalue weighted by molar-refractivity contribution is 7.15. The molecule has 0 amide bonds. The summed E-state index contributed by atoms with van der Waals surface area (Å²) in [6, 6.07) is 21.0. The monoisotopic (exact) mass is 1050 g/mol. The molecular weight excluding hydrogens is 1010 g/mol. The van der Waals surface area contributed by atoms with Gasteiger partial charge in [-0.3, -0.25) is 9.78 Å². The number of ketones is 1. The van der Waals surface area contributed by atoms with Crippen LogP contribution in [0.3, 0.4) is 0 Å². The van der Waals surface area contributed by atoms with Crippen molar-refractivity contribution in [3.8, 4) is 21.1 Å². The Morgan fingerprint density at radius 3 is 1.74 bits per heavy atom. The lowest BCUT2D eigenvalue weighted by molar-refractivity contribution is -0.138. The number of fused-ring (bicyclic) bond motifs is 2. The summed E-state index contributed by atoms with van der Waals surface area (Å²) < 4.78 is 86.8. The van der Waals surface area contributed by atoms with Crippen LogP contribution in [0.2, 0.25) is 0 Å². The third-order valence-electron chi connectivity index (χ3n) is 11.6. The number of esters is 2. The average molecular weight is 1050 g/mol.